The minimum Gasteiger partial charge on any atom is -0.454 e. The van der Waals surface area contributed by atoms with E-state index in [4.69, 9.17) is 4.42 Å². The number of para-hydroxylation sites is 1. The average Bonchev–Trinajstić information content (AvgIpc) is 4.02. The van der Waals surface area contributed by atoms with Gasteiger partial charge in [0, 0.05) is 60.6 Å². The number of hydrogen-bond donors (Lipinski definition) is 0. The Hall–Kier alpha value is -5.59. The van der Waals surface area contributed by atoms with Crippen molar-refractivity contribution in [3.8, 4) is 5.69 Å². The van der Waals surface area contributed by atoms with Crippen LogP contribution in [0, 0.1) is 0 Å². The molecule has 0 amide bonds. The van der Waals surface area contributed by atoms with Crippen molar-refractivity contribution >= 4 is 91.6 Å². The molecule has 328 valence electrons. The molecule has 14 rings (SSSR count). The third-order valence-corrected chi connectivity index (χ3v) is 18.9. The van der Waals surface area contributed by atoms with Crippen molar-refractivity contribution in [3.63, 3.8) is 0 Å². The number of anilines is 5. The second-order valence-corrected chi connectivity index (χ2v) is 24.3. The van der Waals surface area contributed by atoms with Gasteiger partial charge in [-0.1, -0.05) is 140 Å². The van der Waals surface area contributed by atoms with Crippen molar-refractivity contribution in [3.05, 3.63) is 149 Å². The molecule has 3 aliphatic carbocycles. The van der Waals surface area contributed by atoms with Crippen molar-refractivity contribution in [1.82, 2.24) is 4.57 Å². The summed E-state index contributed by atoms with van der Waals surface area (Å²) in [5.41, 5.74) is 23.7. The number of fused-ring (bicyclic) bond motifs is 15. The van der Waals surface area contributed by atoms with Gasteiger partial charge < -0.3 is 18.8 Å². The molecule has 4 nitrogen and oxygen atoms in total. The Morgan fingerprint density at radius 3 is 2.38 bits per heavy atom. The first kappa shape index (κ1) is 39.6. The normalized spacial score (nSPS) is 24.2. The van der Waals surface area contributed by atoms with Gasteiger partial charge in [0.25, 0.3) is 0 Å². The van der Waals surface area contributed by atoms with E-state index in [-0.39, 0.29) is 34.3 Å². The zero-order valence-electron chi connectivity index (χ0n) is 39.7. The molecule has 5 aromatic carbocycles. The van der Waals surface area contributed by atoms with Gasteiger partial charge in [0.15, 0.2) is 5.58 Å². The van der Waals surface area contributed by atoms with E-state index in [1.165, 1.54) is 119 Å². The molecule has 4 unspecified atom stereocenters. The molecular weight excluding hydrogens is 822 g/mol. The monoisotopic (exact) mass is 879 g/mol. The first-order valence-corrected chi connectivity index (χ1v) is 25.6. The number of thioether (sulfide) groups is 1. The second kappa shape index (κ2) is 13.1. The SMILES string of the molecule is CC(C)(C)c1ccc2c(c1)N(c1cccc3c1SC1CC=CC=C31)c1cc(N3c4ccc(C(C)(C)C)cc4C4(C)CCCCC34C)cc3c1B2C1CC=Cc2c1n-3c1c2oc2ccccc21. The molecule has 7 aromatic rings. The van der Waals surface area contributed by atoms with Crippen LogP contribution in [-0.4, -0.2) is 22.1 Å². The first-order valence-electron chi connectivity index (χ1n) is 24.7. The zero-order chi connectivity index (χ0) is 44.8. The Balaban J connectivity index is 1.13. The lowest BCUT2D eigenvalue weighted by Crippen LogP contribution is -2.58. The maximum Gasteiger partial charge on any atom is 0.226 e. The molecule has 0 N–H and O–H groups in total. The van der Waals surface area contributed by atoms with E-state index in [2.05, 4.69) is 203 Å². The second-order valence-electron chi connectivity index (χ2n) is 23.1. The predicted octanol–water partition coefficient (Wildman–Crippen LogP) is 15.0. The third-order valence-electron chi connectivity index (χ3n) is 17.5. The summed E-state index contributed by atoms with van der Waals surface area (Å²) < 4.78 is 9.65. The Bertz CT molecular complexity index is 3400. The van der Waals surface area contributed by atoms with E-state index in [1.807, 2.05) is 0 Å². The lowest BCUT2D eigenvalue weighted by molar-refractivity contribution is 0.195. The highest BCUT2D eigenvalue weighted by Gasteiger charge is 2.58. The lowest BCUT2D eigenvalue weighted by atomic mass is 9.29. The summed E-state index contributed by atoms with van der Waals surface area (Å²) in [6.07, 6.45) is 18.7. The van der Waals surface area contributed by atoms with E-state index < -0.39 is 0 Å². The standard InChI is InChI=1S/C60H58BN3OS/c1-57(2,3)35-26-28-45-42(31-35)59(7)29-13-14-30-60(59,8)64(45)37-33-48-52-49(34-37)63-53-41(55-54(63)40-18-9-11-23-50(40)65-55)20-15-21-44(53)61(52)43-27-25-36(58(4,5)6)32-47(43)62(48)46-22-16-19-39-38-17-10-12-24-51(38)66-56(39)46/h9-12,15-20,22-23,25-28,31-34,44,51H,13-14,21,24,29-30H2,1-8H3. The van der Waals surface area contributed by atoms with Crippen LogP contribution in [0.5, 0.6) is 0 Å². The van der Waals surface area contributed by atoms with Crippen LogP contribution in [0.15, 0.2) is 125 Å². The molecular formula is C60H58BN3OS. The lowest BCUT2D eigenvalue weighted by Gasteiger charge is -2.51. The average molecular weight is 880 g/mol. The molecule has 4 aliphatic heterocycles. The maximum absolute atomic E-state index is 6.96. The molecule has 6 heteroatoms. The van der Waals surface area contributed by atoms with E-state index in [0.717, 1.165) is 30.4 Å². The molecule has 0 bridgehead atoms. The molecule has 6 heterocycles. The van der Waals surface area contributed by atoms with Gasteiger partial charge in [-0.25, -0.2) is 0 Å². The van der Waals surface area contributed by atoms with Crippen molar-refractivity contribution in [2.75, 3.05) is 9.80 Å². The van der Waals surface area contributed by atoms with Gasteiger partial charge in [-0.2, -0.15) is 0 Å². The van der Waals surface area contributed by atoms with Crippen LogP contribution in [-0.2, 0) is 16.2 Å². The van der Waals surface area contributed by atoms with Crippen LogP contribution in [0.2, 0.25) is 0 Å². The molecule has 66 heavy (non-hydrogen) atoms. The summed E-state index contributed by atoms with van der Waals surface area (Å²) in [5, 5.41) is 1.62. The summed E-state index contributed by atoms with van der Waals surface area (Å²) in [4.78, 5) is 6.97. The summed E-state index contributed by atoms with van der Waals surface area (Å²) in [7, 11) is 0. The minimum atomic E-state index is -0.117. The Morgan fingerprint density at radius 1 is 0.742 bits per heavy atom. The minimum absolute atomic E-state index is 0.00309. The van der Waals surface area contributed by atoms with Gasteiger partial charge in [-0.05, 0) is 130 Å². The number of furan rings is 1. The highest BCUT2D eigenvalue weighted by atomic mass is 32.2. The van der Waals surface area contributed by atoms with Crippen molar-refractivity contribution in [2.24, 2.45) is 0 Å². The summed E-state index contributed by atoms with van der Waals surface area (Å²) in [5.74, 6) is 0.252. The zero-order valence-corrected chi connectivity index (χ0v) is 40.5. The Morgan fingerprint density at radius 2 is 1.53 bits per heavy atom. The molecule has 0 saturated heterocycles. The van der Waals surface area contributed by atoms with Crippen molar-refractivity contribution in [2.45, 2.75) is 132 Å². The highest BCUT2D eigenvalue weighted by molar-refractivity contribution is 8.01. The molecule has 0 spiro atoms. The number of hydrogen-bond acceptors (Lipinski definition) is 4. The maximum atomic E-state index is 6.96. The van der Waals surface area contributed by atoms with E-state index >= 15 is 0 Å². The molecule has 1 fully saturated rings. The van der Waals surface area contributed by atoms with Crippen molar-refractivity contribution < 1.29 is 4.42 Å². The number of nitrogens with zero attached hydrogens (tertiary/aromatic N) is 3. The van der Waals surface area contributed by atoms with Gasteiger partial charge in [-0.15, -0.1) is 11.8 Å². The molecule has 7 aliphatic rings. The molecule has 4 atom stereocenters. The van der Waals surface area contributed by atoms with Crippen LogP contribution in [0.1, 0.15) is 133 Å². The van der Waals surface area contributed by atoms with Crippen LogP contribution >= 0.6 is 11.8 Å². The van der Waals surface area contributed by atoms with E-state index in [9.17, 15) is 0 Å². The summed E-state index contributed by atoms with van der Waals surface area (Å²) >= 11 is 2.07. The Labute approximate surface area is 394 Å². The van der Waals surface area contributed by atoms with Crippen LogP contribution in [0.4, 0.5) is 28.4 Å². The fraction of sp³-hybridized carbons (Fsp3) is 0.333. The Kier molecular flexibility index (Phi) is 7.85. The van der Waals surface area contributed by atoms with Gasteiger partial charge in [0.2, 0.25) is 6.71 Å². The topological polar surface area (TPSA) is 24.6 Å². The summed E-state index contributed by atoms with van der Waals surface area (Å²) in [6, 6.07) is 36.2. The molecule has 0 radical (unpaired) electrons. The quantitative estimate of drug-likeness (QED) is 0.162. The highest BCUT2D eigenvalue weighted by Crippen LogP contribution is 2.63. The fourth-order valence-corrected chi connectivity index (χ4v) is 15.4. The number of allylic oxidation sites excluding steroid dienone is 4. The van der Waals surface area contributed by atoms with Gasteiger partial charge in [-0.3, -0.25) is 0 Å². The number of aromatic nitrogens is 1. The van der Waals surface area contributed by atoms with E-state index in [1.54, 1.807) is 0 Å². The van der Waals surface area contributed by atoms with Gasteiger partial charge >= 0.3 is 0 Å². The van der Waals surface area contributed by atoms with Crippen LogP contribution in [0.25, 0.3) is 39.4 Å². The fourth-order valence-electron chi connectivity index (χ4n) is 13.9. The van der Waals surface area contributed by atoms with Crippen molar-refractivity contribution in [1.29, 1.82) is 0 Å². The summed E-state index contributed by atoms with van der Waals surface area (Å²) in [6.45, 7) is 19.6. The smallest absolute Gasteiger partial charge is 0.226 e. The molecule has 1 saturated carbocycles. The van der Waals surface area contributed by atoms with Crippen LogP contribution < -0.4 is 20.7 Å². The molecule has 2 aromatic heterocycles. The first-order chi connectivity index (χ1) is 31.7. The van der Waals surface area contributed by atoms with Gasteiger partial charge in [0.1, 0.15) is 11.1 Å². The number of rotatable bonds is 2. The largest absolute Gasteiger partial charge is 0.454 e. The van der Waals surface area contributed by atoms with Gasteiger partial charge in [0.05, 0.1) is 11.2 Å². The third kappa shape index (κ3) is 4.99. The van der Waals surface area contributed by atoms with Crippen LogP contribution in [0.3, 0.4) is 0 Å². The number of benzene rings is 5. The predicted molar refractivity (Wildman–Crippen MR) is 281 cm³/mol. The van der Waals surface area contributed by atoms with E-state index in [0.29, 0.717) is 5.25 Å².